The predicted octanol–water partition coefficient (Wildman–Crippen LogP) is 3.32. The molecule has 1 rings (SSSR count). The number of nitrogens with one attached hydrogen (secondary N) is 1. The Kier molecular flexibility index (Phi) is 7.45. The molecule has 108 valence electrons. The highest BCUT2D eigenvalue weighted by Gasteiger charge is 2.09. The van der Waals surface area contributed by atoms with Gasteiger partial charge in [-0.15, -0.1) is 0 Å². The molecule has 2 N–H and O–H groups in total. The van der Waals surface area contributed by atoms with Gasteiger partial charge in [0.25, 0.3) is 0 Å². The van der Waals surface area contributed by atoms with E-state index in [1.54, 1.807) is 20.3 Å². The lowest BCUT2D eigenvalue weighted by atomic mass is 10.2. The largest absolute Gasteiger partial charge is 0.495 e. The van der Waals surface area contributed by atoms with Gasteiger partial charge in [0.1, 0.15) is 11.5 Å². The monoisotopic (exact) mass is 287 g/mol. The van der Waals surface area contributed by atoms with Crippen molar-refractivity contribution in [2.24, 2.45) is 0 Å². The fourth-order valence-electron chi connectivity index (χ4n) is 1.81. The SMILES string of the molecule is COc1cc(NCCCCCCO)c(OC)cc1Cl. The van der Waals surface area contributed by atoms with E-state index < -0.39 is 0 Å². The van der Waals surface area contributed by atoms with Crippen molar-refractivity contribution >= 4 is 17.3 Å². The number of ether oxygens (including phenoxy) is 2. The predicted molar refractivity (Wildman–Crippen MR) is 78.6 cm³/mol. The minimum absolute atomic E-state index is 0.273. The molecule has 0 saturated heterocycles. The molecule has 0 unspecified atom stereocenters. The van der Waals surface area contributed by atoms with Crippen LogP contribution in [0, 0.1) is 0 Å². The van der Waals surface area contributed by atoms with E-state index in [0.29, 0.717) is 16.5 Å². The molecule has 1 aromatic rings. The topological polar surface area (TPSA) is 50.7 Å². The van der Waals surface area contributed by atoms with Crippen molar-refractivity contribution in [1.82, 2.24) is 0 Å². The van der Waals surface area contributed by atoms with Crippen LogP contribution in [0.15, 0.2) is 12.1 Å². The maximum Gasteiger partial charge on any atom is 0.143 e. The van der Waals surface area contributed by atoms with Crippen molar-refractivity contribution in [1.29, 1.82) is 0 Å². The van der Waals surface area contributed by atoms with E-state index in [2.05, 4.69) is 5.32 Å². The van der Waals surface area contributed by atoms with Gasteiger partial charge in [-0.05, 0) is 12.8 Å². The fraction of sp³-hybridized carbons (Fsp3) is 0.571. The van der Waals surface area contributed by atoms with Crippen molar-refractivity contribution < 1.29 is 14.6 Å². The molecule has 0 amide bonds. The smallest absolute Gasteiger partial charge is 0.143 e. The summed E-state index contributed by atoms with van der Waals surface area (Å²) in [5.74, 6) is 1.34. The zero-order chi connectivity index (χ0) is 14.1. The second kappa shape index (κ2) is 8.88. The number of unbranched alkanes of at least 4 members (excludes halogenated alkanes) is 3. The Balaban J connectivity index is 2.51. The van der Waals surface area contributed by atoms with E-state index in [1.165, 1.54) is 0 Å². The maximum atomic E-state index is 8.69. The number of rotatable bonds is 9. The van der Waals surface area contributed by atoms with Gasteiger partial charge in [-0.3, -0.25) is 0 Å². The summed E-state index contributed by atoms with van der Waals surface area (Å²) in [6, 6.07) is 3.59. The molecule has 0 fully saturated rings. The molecule has 5 heteroatoms. The van der Waals surface area contributed by atoms with E-state index >= 15 is 0 Å². The second-order valence-electron chi connectivity index (χ2n) is 4.25. The van der Waals surface area contributed by atoms with Crippen LogP contribution in [-0.2, 0) is 0 Å². The molecule has 0 aromatic heterocycles. The summed E-state index contributed by atoms with van der Waals surface area (Å²) in [4.78, 5) is 0. The fourth-order valence-corrected chi connectivity index (χ4v) is 2.04. The summed E-state index contributed by atoms with van der Waals surface area (Å²) in [6.45, 7) is 1.13. The Labute approximate surface area is 119 Å². The lowest BCUT2D eigenvalue weighted by Crippen LogP contribution is -2.04. The number of methoxy groups -OCH3 is 2. The summed E-state index contributed by atoms with van der Waals surface area (Å²) in [5, 5.41) is 12.5. The third-order valence-corrected chi connectivity index (χ3v) is 3.17. The quantitative estimate of drug-likeness (QED) is 0.684. The van der Waals surface area contributed by atoms with E-state index in [1.807, 2.05) is 6.07 Å². The molecular weight excluding hydrogens is 266 g/mol. The number of anilines is 1. The van der Waals surface area contributed by atoms with Gasteiger partial charge in [0.15, 0.2) is 0 Å². The number of aliphatic hydroxyl groups is 1. The van der Waals surface area contributed by atoms with Crippen LogP contribution >= 0.6 is 11.6 Å². The van der Waals surface area contributed by atoms with Gasteiger partial charge < -0.3 is 19.9 Å². The molecule has 1 aromatic carbocycles. The normalized spacial score (nSPS) is 10.3. The van der Waals surface area contributed by atoms with Crippen LogP contribution in [0.4, 0.5) is 5.69 Å². The third-order valence-electron chi connectivity index (χ3n) is 2.87. The van der Waals surface area contributed by atoms with Gasteiger partial charge in [-0.2, -0.15) is 0 Å². The number of aliphatic hydroxyl groups excluding tert-OH is 1. The molecular formula is C14H22ClNO3. The molecule has 0 aliphatic heterocycles. The Hall–Kier alpha value is -1.13. The lowest BCUT2D eigenvalue weighted by Gasteiger charge is -2.13. The minimum Gasteiger partial charge on any atom is -0.495 e. The number of hydrogen-bond donors (Lipinski definition) is 2. The van der Waals surface area contributed by atoms with Gasteiger partial charge in [-0.1, -0.05) is 24.4 Å². The molecule has 0 aliphatic rings. The summed E-state index contributed by atoms with van der Waals surface area (Å²) in [7, 11) is 3.21. The highest BCUT2D eigenvalue weighted by molar-refractivity contribution is 6.32. The molecule has 0 bridgehead atoms. The van der Waals surface area contributed by atoms with E-state index in [0.717, 1.165) is 37.9 Å². The van der Waals surface area contributed by atoms with Crippen LogP contribution in [0.1, 0.15) is 25.7 Å². The number of benzene rings is 1. The first-order chi connectivity index (χ1) is 9.22. The molecule has 0 spiro atoms. The van der Waals surface area contributed by atoms with Crippen LogP contribution < -0.4 is 14.8 Å². The zero-order valence-corrected chi connectivity index (χ0v) is 12.3. The summed E-state index contributed by atoms with van der Waals surface area (Å²) < 4.78 is 10.5. The average molecular weight is 288 g/mol. The number of hydrogen-bond acceptors (Lipinski definition) is 4. The van der Waals surface area contributed by atoms with Gasteiger partial charge in [0.2, 0.25) is 0 Å². The van der Waals surface area contributed by atoms with Crippen molar-refractivity contribution in [3.8, 4) is 11.5 Å². The summed E-state index contributed by atoms with van der Waals surface area (Å²) >= 11 is 6.04. The standard InChI is InChI=1S/C14H22ClNO3/c1-18-13-10-12(14(19-2)9-11(13)15)16-7-5-3-4-6-8-17/h9-10,16-17H,3-8H2,1-2H3. The molecule has 0 heterocycles. The highest BCUT2D eigenvalue weighted by Crippen LogP contribution is 2.35. The van der Waals surface area contributed by atoms with Crippen LogP contribution in [0.25, 0.3) is 0 Å². The summed E-state index contributed by atoms with van der Waals surface area (Å²) in [6.07, 6.45) is 4.08. The Morgan fingerprint density at radius 2 is 1.74 bits per heavy atom. The number of halogens is 1. The average Bonchev–Trinajstić information content (AvgIpc) is 2.43. The summed E-state index contributed by atoms with van der Waals surface area (Å²) in [5.41, 5.74) is 0.880. The molecule has 0 saturated carbocycles. The van der Waals surface area contributed by atoms with Crippen molar-refractivity contribution in [3.05, 3.63) is 17.2 Å². The Morgan fingerprint density at radius 1 is 1.05 bits per heavy atom. The first kappa shape index (κ1) is 15.9. The van der Waals surface area contributed by atoms with E-state index in [9.17, 15) is 0 Å². The van der Waals surface area contributed by atoms with E-state index in [-0.39, 0.29) is 6.61 Å². The molecule has 0 aliphatic carbocycles. The zero-order valence-electron chi connectivity index (χ0n) is 11.5. The van der Waals surface area contributed by atoms with Gasteiger partial charge in [-0.25, -0.2) is 0 Å². The second-order valence-corrected chi connectivity index (χ2v) is 4.66. The first-order valence-electron chi connectivity index (χ1n) is 6.49. The van der Waals surface area contributed by atoms with Crippen molar-refractivity contribution in [2.45, 2.75) is 25.7 Å². The van der Waals surface area contributed by atoms with Gasteiger partial charge in [0, 0.05) is 25.3 Å². The molecule has 0 radical (unpaired) electrons. The Bertz CT molecular complexity index is 385. The molecule has 0 atom stereocenters. The van der Waals surface area contributed by atoms with Crippen LogP contribution in [0.2, 0.25) is 5.02 Å². The molecule has 4 nitrogen and oxygen atoms in total. The Morgan fingerprint density at radius 3 is 2.37 bits per heavy atom. The maximum absolute atomic E-state index is 8.69. The van der Waals surface area contributed by atoms with E-state index in [4.69, 9.17) is 26.2 Å². The first-order valence-corrected chi connectivity index (χ1v) is 6.87. The van der Waals surface area contributed by atoms with Gasteiger partial charge >= 0.3 is 0 Å². The van der Waals surface area contributed by atoms with Crippen molar-refractivity contribution in [3.63, 3.8) is 0 Å². The minimum atomic E-state index is 0.273. The third kappa shape index (κ3) is 5.17. The highest BCUT2D eigenvalue weighted by atomic mass is 35.5. The van der Waals surface area contributed by atoms with Crippen LogP contribution in [0.3, 0.4) is 0 Å². The van der Waals surface area contributed by atoms with Crippen LogP contribution in [0.5, 0.6) is 11.5 Å². The lowest BCUT2D eigenvalue weighted by molar-refractivity contribution is 0.283. The van der Waals surface area contributed by atoms with Crippen molar-refractivity contribution in [2.75, 3.05) is 32.7 Å². The molecule has 19 heavy (non-hydrogen) atoms. The van der Waals surface area contributed by atoms with Crippen LogP contribution in [-0.4, -0.2) is 32.5 Å². The van der Waals surface area contributed by atoms with Gasteiger partial charge in [0.05, 0.1) is 24.9 Å².